The summed E-state index contributed by atoms with van der Waals surface area (Å²) < 4.78 is 0. The molecule has 2 unspecified atom stereocenters. The van der Waals surface area contributed by atoms with Gasteiger partial charge in [0, 0.05) is 0 Å². The maximum Gasteiger partial charge on any atom is 0.0770 e. The first-order valence-corrected chi connectivity index (χ1v) is 4.14. The van der Waals surface area contributed by atoms with E-state index in [1.165, 1.54) is 0 Å². The fraction of sp³-hybridized carbons (Fsp3) is 1.00. The van der Waals surface area contributed by atoms with Crippen molar-refractivity contribution < 1.29 is 30.5 Å². The van der Waals surface area contributed by atoms with Gasteiger partial charge in [-0.3, -0.25) is 30.5 Å². The van der Waals surface area contributed by atoms with E-state index in [4.69, 9.17) is 20.8 Å². The summed E-state index contributed by atoms with van der Waals surface area (Å²) in [6, 6.07) is 0. The molecule has 0 saturated heterocycles. The Balaban J connectivity index is 2.11. The van der Waals surface area contributed by atoms with Crippen LogP contribution in [-0.4, -0.2) is 44.8 Å². The quantitative estimate of drug-likeness (QED) is 0.450. The van der Waals surface area contributed by atoms with E-state index in [2.05, 4.69) is 9.68 Å². The van der Waals surface area contributed by atoms with E-state index >= 15 is 0 Å². The van der Waals surface area contributed by atoms with E-state index in [1.54, 1.807) is 0 Å². The molecule has 1 aliphatic carbocycles. The molecule has 0 radical (unpaired) electrons. The maximum atomic E-state index is 8.27. The SMILES string of the molecule is CC1C(CON(O)O)C1CON(O)O. The Labute approximate surface area is 80.2 Å². The fourth-order valence-electron chi connectivity index (χ4n) is 1.49. The highest BCUT2D eigenvalue weighted by atomic mass is 17.1. The van der Waals surface area contributed by atoms with Gasteiger partial charge in [-0.2, -0.15) is 0 Å². The van der Waals surface area contributed by atoms with Gasteiger partial charge in [0.25, 0.3) is 0 Å². The lowest BCUT2D eigenvalue weighted by Crippen LogP contribution is -2.18. The topological polar surface area (TPSA) is 106 Å². The molecule has 4 N–H and O–H groups in total. The summed E-state index contributed by atoms with van der Waals surface area (Å²) in [5, 5.41) is 32.4. The van der Waals surface area contributed by atoms with Crippen molar-refractivity contribution >= 4 is 0 Å². The minimum atomic E-state index is -0.340. The molecule has 1 fully saturated rings. The summed E-state index contributed by atoms with van der Waals surface area (Å²) >= 11 is 0. The third kappa shape index (κ3) is 3.44. The van der Waals surface area contributed by atoms with Gasteiger partial charge in [-0.1, -0.05) is 6.92 Å². The van der Waals surface area contributed by atoms with Crippen LogP contribution in [0.3, 0.4) is 0 Å². The van der Waals surface area contributed by atoms with Crippen molar-refractivity contribution in [3.63, 3.8) is 0 Å². The minimum Gasteiger partial charge on any atom is -0.266 e. The Bertz CT molecular complexity index is 160. The third-order valence-corrected chi connectivity index (χ3v) is 2.52. The summed E-state index contributed by atoms with van der Waals surface area (Å²) in [4.78, 5) is 8.85. The molecule has 1 saturated carbocycles. The van der Waals surface area contributed by atoms with Crippen molar-refractivity contribution in [3.05, 3.63) is 0 Å². The second kappa shape index (κ2) is 4.96. The third-order valence-electron chi connectivity index (χ3n) is 2.52. The van der Waals surface area contributed by atoms with Crippen LogP contribution in [-0.2, 0) is 9.68 Å². The van der Waals surface area contributed by atoms with Crippen molar-refractivity contribution in [2.45, 2.75) is 6.92 Å². The lowest BCUT2D eigenvalue weighted by Gasteiger charge is -2.06. The first-order chi connectivity index (χ1) is 6.52. The molecule has 14 heavy (non-hydrogen) atoms. The van der Waals surface area contributed by atoms with Crippen LogP contribution in [0.15, 0.2) is 0 Å². The molecule has 0 heterocycles. The molecule has 0 aromatic heterocycles. The van der Waals surface area contributed by atoms with Gasteiger partial charge >= 0.3 is 0 Å². The van der Waals surface area contributed by atoms with E-state index in [1.807, 2.05) is 6.92 Å². The van der Waals surface area contributed by atoms with Crippen molar-refractivity contribution in [1.29, 1.82) is 0 Å². The maximum absolute atomic E-state index is 8.27. The van der Waals surface area contributed by atoms with Gasteiger partial charge in [-0.15, -0.1) is 0 Å². The van der Waals surface area contributed by atoms with Crippen LogP contribution >= 0.6 is 0 Å². The Kier molecular flexibility index (Phi) is 4.16. The molecule has 0 amide bonds. The normalized spacial score (nSPS) is 31.5. The van der Waals surface area contributed by atoms with Crippen molar-refractivity contribution in [1.82, 2.24) is 10.8 Å². The van der Waals surface area contributed by atoms with Crippen LogP contribution in [0.4, 0.5) is 0 Å². The lowest BCUT2D eigenvalue weighted by molar-refractivity contribution is -0.496. The monoisotopic (exact) mass is 210 g/mol. The largest absolute Gasteiger partial charge is 0.266 e. The molecular weight excluding hydrogens is 196 g/mol. The molecule has 1 aliphatic rings. The van der Waals surface area contributed by atoms with Crippen molar-refractivity contribution in [2.75, 3.05) is 13.2 Å². The molecule has 0 spiro atoms. The van der Waals surface area contributed by atoms with Gasteiger partial charge in [0.05, 0.1) is 24.0 Å². The highest BCUT2D eigenvalue weighted by Crippen LogP contribution is 2.46. The molecule has 84 valence electrons. The van der Waals surface area contributed by atoms with Crippen LogP contribution in [0.1, 0.15) is 6.92 Å². The van der Waals surface area contributed by atoms with Crippen molar-refractivity contribution in [2.24, 2.45) is 17.8 Å². The number of hydrogen-bond acceptors (Lipinski definition) is 8. The lowest BCUT2D eigenvalue weighted by atomic mass is 10.3. The summed E-state index contributed by atoms with van der Waals surface area (Å²) in [5.41, 5.74) is 0. The van der Waals surface area contributed by atoms with Gasteiger partial charge in [0.2, 0.25) is 0 Å². The van der Waals surface area contributed by atoms with Crippen molar-refractivity contribution in [3.8, 4) is 0 Å². The van der Waals surface area contributed by atoms with E-state index in [0.717, 1.165) is 0 Å². The Morgan fingerprint density at radius 1 is 0.929 bits per heavy atom. The number of hydrogen-bond donors (Lipinski definition) is 4. The highest BCUT2D eigenvalue weighted by Gasteiger charge is 2.47. The highest BCUT2D eigenvalue weighted by molar-refractivity contribution is 4.93. The Morgan fingerprint density at radius 3 is 1.57 bits per heavy atom. The number of rotatable bonds is 6. The molecule has 8 heteroatoms. The van der Waals surface area contributed by atoms with Gasteiger partial charge in [-0.05, 0) is 17.8 Å². The van der Waals surface area contributed by atoms with E-state index < -0.39 is 0 Å². The van der Waals surface area contributed by atoms with E-state index in [-0.39, 0.29) is 41.7 Å². The predicted octanol–water partition coefficient (Wildman–Crippen LogP) is -0.108. The molecular formula is C6H14N2O6. The van der Waals surface area contributed by atoms with Crippen LogP contribution in [0.25, 0.3) is 0 Å². The smallest absolute Gasteiger partial charge is 0.0770 e. The first-order valence-electron chi connectivity index (χ1n) is 4.14. The molecule has 0 aromatic carbocycles. The first kappa shape index (κ1) is 11.8. The Hall–Kier alpha value is -0.320. The van der Waals surface area contributed by atoms with Gasteiger partial charge < -0.3 is 0 Å². The molecule has 2 atom stereocenters. The average molecular weight is 210 g/mol. The zero-order valence-corrected chi connectivity index (χ0v) is 7.65. The summed E-state index contributed by atoms with van der Waals surface area (Å²) in [6.45, 7) is 2.23. The number of nitrogens with zero attached hydrogens (tertiary/aromatic N) is 2. The summed E-state index contributed by atoms with van der Waals surface area (Å²) in [7, 11) is 0. The second-order valence-corrected chi connectivity index (χ2v) is 3.28. The summed E-state index contributed by atoms with van der Waals surface area (Å²) in [6.07, 6.45) is 0. The van der Waals surface area contributed by atoms with Gasteiger partial charge in [0.15, 0.2) is 0 Å². The van der Waals surface area contributed by atoms with E-state index in [9.17, 15) is 0 Å². The standard InChI is InChI=1S/C6H14N2O6/c1-4-5(2-13-7(9)10)6(4)3-14-8(11)12/h4-6,9-12H,2-3H2,1H3. The average Bonchev–Trinajstić information content (AvgIpc) is 2.69. The predicted molar refractivity (Wildman–Crippen MR) is 38.9 cm³/mol. The molecule has 8 nitrogen and oxygen atoms in total. The second-order valence-electron chi connectivity index (χ2n) is 3.28. The van der Waals surface area contributed by atoms with Crippen LogP contribution in [0.5, 0.6) is 0 Å². The molecule has 1 rings (SSSR count). The Morgan fingerprint density at radius 2 is 1.29 bits per heavy atom. The molecule has 0 aliphatic heterocycles. The van der Waals surface area contributed by atoms with Crippen LogP contribution in [0.2, 0.25) is 0 Å². The van der Waals surface area contributed by atoms with Gasteiger partial charge in [0.1, 0.15) is 0 Å². The zero-order chi connectivity index (χ0) is 10.7. The summed E-state index contributed by atoms with van der Waals surface area (Å²) in [5.74, 6) is 0.531. The van der Waals surface area contributed by atoms with Crippen LogP contribution in [0, 0.1) is 17.8 Å². The van der Waals surface area contributed by atoms with Crippen LogP contribution < -0.4 is 0 Å². The fourth-order valence-corrected chi connectivity index (χ4v) is 1.49. The molecule has 0 aromatic rings. The van der Waals surface area contributed by atoms with E-state index in [0.29, 0.717) is 0 Å². The molecule has 0 bridgehead atoms. The minimum absolute atomic E-state index is 0.122. The zero-order valence-electron chi connectivity index (χ0n) is 7.65. The van der Waals surface area contributed by atoms with Gasteiger partial charge in [-0.25, -0.2) is 0 Å².